The van der Waals surface area contributed by atoms with Gasteiger partial charge < -0.3 is 4.57 Å². The number of rotatable bonds is 4. The quantitative estimate of drug-likeness (QED) is 0.456. The van der Waals surface area contributed by atoms with Crippen molar-refractivity contribution in [1.82, 2.24) is 15.0 Å². The average Bonchev–Trinajstić information content (AvgIpc) is 2.98. The highest BCUT2D eigenvalue weighted by Crippen LogP contribution is 2.17. The van der Waals surface area contributed by atoms with Crippen LogP contribution in [-0.4, -0.2) is 21.7 Å². The molecule has 1 aromatic heterocycles. The number of hydrogen-bond donors (Lipinski definition) is 1. The number of hydrogen-bond acceptors (Lipinski definition) is 3. The van der Waals surface area contributed by atoms with Gasteiger partial charge in [0.2, 0.25) is 5.91 Å². The van der Waals surface area contributed by atoms with Crippen LogP contribution >= 0.6 is 0 Å². The Morgan fingerprint density at radius 2 is 1.85 bits per heavy atom. The van der Waals surface area contributed by atoms with E-state index >= 15 is 0 Å². The molecular formula is C21H18N4O. The molecule has 4 aromatic rings. The summed E-state index contributed by atoms with van der Waals surface area (Å²) in [6.45, 7) is 0. The van der Waals surface area contributed by atoms with Crippen molar-refractivity contribution in [2.45, 2.75) is 6.42 Å². The van der Waals surface area contributed by atoms with Crippen LogP contribution in [0.4, 0.5) is 0 Å². The molecule has 0 bridgehead atoms. The first-order valence-electron chi connectivity index (χ1n) is 8.42. The third kappa shape index (κ3) is 3.07. The van der Waals surface area contributed by atoms with Crippen LogP contribution in [0.2, 0.25) is 0 Å². The first-order valence-corrected chi connectivity index (χ1v) is 8.42. The van der Waals surface area contributed by atoms with E-state index in [9.17, 15) is 4.79 Å². The van der Waals surface area contributed by atoms with Crippen LogP contribution in [-0.2, 0) is 18.3 Å². The standard InChI is InChI=1S/C21H18N4O/c1-25-19-12-5-4-11-18(19)23-20(25)13-21(26)24-22-14-16-9-6-8-15-7-2-3-10-17(15)16/h2-12,14H,13H2,1H3,(H,24,26)/b22-14+. The van der Waals surface area contributed by atoms with Crippen LogP contribution < -0.4 is 5.43 Å². The minimum absolute atomic E-state index is 0.179. The summed E-state index contributed by atoms with van der Waals surface area (Å²) in [5.74, 6) is 0.518. The number of aromatic nitrogens is 2. The van der Waals surface area contributed by atoms with Crippen LogP contribution in [0, 0.1) is 0 Å². The first-order chi connectivity index (χ1) is 12.7. The van der Waals surface area contributed by atoms with Gasteiger partial charge in [-0.2, -0.15) is 5.10 Å². The molecule has 0 aliphatic carbocycles. The lowest BCUT2D eigenvalue weighted by Gasteiger charge is -2.03. The second-order valence-corrected chi connectivity index (χ2v) is 6.11. The van der Waals surface area contributed by atoms with E-state index in [0.717, 1.165) is 27.4 Å². The fourth-order valence-electron chi connectivity index (χ4n) is 3.07. The van der Waals surface area contributed by atoms with Crippen LogP contribution in [0.3, 0.4) is 0 Å². The number of benzene rings is 3. The molecule has 0 atom stereocenters. The molecule has 1 heterocycles. The highest BCUT2D eigenvalue weighted by atomic mass is 16.2. The van der Waals surface area contributed by atoms with Crippen molar-refractivity contribution in [3.63, 3.8) is 0 Å². The van der Waals surface area contributed by atoms with E-state index in [4.69, 9.17) is 0 Å². The molecule has 3 aromatic carbocycles. The van der Waals surface area contributed by atoms with Crippen molar-refractivity contribution in [2.75, 3.05) is 0 Å². The molecule has 0 aliphatic rings. The molecule has 5 heteroatoms. The molecule has 1 amide bonds. The zero-order valence-electron chi connectivity index (χ0n) is 14.4. The molecule has 0 radical (unpaired) electrons. The highest BCUT2D eigenvalue weighted by Gasteiger charge is 2.11. The maximum absolute atomic E-state index is 12.2. The number of para-hydroxylation sites is 2. The summed E-state index contributed by atoms with van der Waals surface area (Å²) in [7, 11) is 1.91. The first kappa shape index (κ1) is 16.0. The van der Waals surface area contributed by atoms with E-state index in [1.54, 1.807) is 6.21 Å². The molecule has 4 rings (SSSR count). The third-order valence-electron chi connectivity index (χ3n) is 4.41. The van der Waals surface area contributed by atoms with Gasteiger partial charge in [-0.3, -0.25) is 4.79 Å². The topological polar surface area (TPSA) is 59.3 Å². The summed E-state index contributed by atoms with van der Waals surface area (Å²) in [6.07, 6.45) is 1.85. The Morgan fingerprint density at radius 1 is 1.08 bits per heavy atom. The Morgan fingerprint density at radius 3 is 2.73 bits per heavy atom. The molecule has 0 saturated heterocycles. The van der Waals surface area contributed by atoms with Gasteiger partial charge in [-0.15, -0.1) is 0 Å². The zero-order valence-corrected chi connectivity index (χ0v) is 14.4. The second-order valence-electron chi connectivity index (χ2n) is 6.11. The number of carbonyl (C=O) groups excluding carboxylic acids is 1. The Kier molecular flexibility index (Phi) is 4.19. The van der Waals surface area contributed by atoms with Gasteiger partial charge in [0.25, 0.3) is 0 Å². The fourth-order valence-corrected chi connectivity index (χ4v) is 3.07. The summed E-state index contributed by atoms with van der Waals surface area (Å²) in [4.78, 5) is 16.7. The van der Waals surface area contributed by atoms with Crippen LogP contribution in [0.25, 0.3) is 21.8 Å². The third-order valence-corrected chi connectivity index (χ3v) is 4.41. The number of aryl methyl sites for hydroxylation is 1. The molecule has 128 valence electrons. The van der Waals surface area contributed by atoms with Crippen molar-refractivity contribution in [2.24, 2.45) is 12.1 Å². The van der Waals surface area contributed by atoms with Crippen LogP contribution in [0.1, 0.15) is 11.4 Å². The Balaban J connectivity index is 1.48. The highest BCUT2D eigenvalue weighted by molar-refractivity contribution is 6.00. The maximum atomic E-state index is 12.2. The summed E-state index contributed by atoms with van der Waals surface area (Å²) < 4.78 is 1.93. The fraction of sp³-hybridized carbons (Fsp3) is 0.0952. The minimum Gasteiger partial charge on any atom is -0.331 e. The molecule has 5 nitrogen and oxygen atoms in total. The summed E-state index contributed by atoms with van der Waals surface area (Å²) in [5, 5.41) is 6.35. The predicted octanol–water partition coefficient (Wildman–Crippen LogP) is 3.42. The molecule has 0 spiro atoms. The average molecular weight is 342 g/mol. The number of nitrogens with one attached hydrogen (secondary N) is 1. The summed E-state index contributed by atoms with van der Waals surface area (Å²) in [5.41, 5.74) is 5.45. The normalized spacial score (nSPS) is 11.4. The Bertz CT molecular complexity index is 1120. The maximum Gasteiger partial charge on any atom is 0.247 e. The number of imidazole rings is 1. The van der Waals surface area contributed by atoms with E-state index in [1.165, 1.54) is 0 Å². The number of nitrogens with zero attached hydrogens (tertiary/aromatic N) is 3. The van der Waals surface area contributed by atoms with Crippen molar-refractivity contribution in [3.8, 4) is 0 Å². The van der Waals surface area contributed by atoms with Gasteiger partial charge in [-0.1, -0.05) is 54.6 Å². The molecule has 0 aliphatic heterocycles. The van der Waals surface area contributed by atoms with Crippen molar-refractivity contribution >= 4 is 33.9 Å². The minimum atomic E-state index is -0.195. The van der Waals surface area contributed by atoms with Crippen LogP contribution in [0.15, 0.2) is 71.8 Å². The molecular weight excluding hydrogens is 324 g/mol. The second kappa shape index (κ2) is 6.80. The summed E-state index contributed by atoms with van der Waals surface area (Å²) in [6, 6.07) is 21.9. The van der Waals surface area contributed by atoms with Crippen molar-refractivity contribution < 1.29 is 4.79 Å². The van der Waals surface area contributed by atoms with Gasteiger partial charge in [0, 0.05) is 12.6 Å². The van der Waals surface area contributed by atoms with E-state index < -0.39 is 0 Å². The van der Waals surface area contributed by atoms with Crippen molar-refractivity contribution in [3.05, 3.63) is 78.1 Å². The van der Waals surface area contributed by atoms with Crippen LogP contribution in [0.5, 0.6) is 0 Å². The number of amides is 1. The molecule has 26 heavy (non-hydrogen) atoms. The van der Waals surface area contributed by atoms with Gasteiger partial charge >= 0.3 is 0 Å². The zero-order chi connectivity index (χ0) is 17.9. The lowest BCUT2D eigenvalue weighted by molar-refractivity contribution is -0.120. The summed E-state index contributed by atoms with van der Waals surface area (Å²) >= 11 is 0. The molecule has 1 N–H and O–H groups in total. The molecule has 0 saturated carbocycles. The van der Waals surface area contributed by atoms with E-state index in [2.05, 4.69) is 27.6 Å². The van der Waals surface area contributed by atoms with E-state index in [0.29, 0.717) is 5.82 Å². The molecule has 0 fully saturated rings. The molecule has 0 unspecified atom stereocenters. The van der Waals surface area contributed by atoms with Gasteiger partial charge in [0.05, 0.1) is 23.7 Å². The largest absolute Gasteiger partial charge is 0.331 e. The number of hydrazone groups is 1. The SMILES string of the molecule is Cn1c(CC(=O)N/N=C/c2cccc3ccccc23)nc2ccccc21. The lowest BCUT2D eigenvalue weighted by atomic mass is 10.1. The Labute approximate surface area is 151 Å². The number of carbonyl (C=O) groups is 1. The van der Waals surface area contributed by atoms with Gasteiger partial charge in [0.1, 0.15) is 5.82 Å². The van der Waals surface area contributed by atoms with Gasteiger partial charge in [-0.05, 0) is 22.9 Å². The monoisotopic (exact) mass is 342 g/mol. The predicted molar refractivity (Wildman–Crippen MR) is 104 cm³/mol. The number of fused-ring (bicyclic) bond motifs is 2. The smallest absolute Gasteiger partial charge is 0.247 e. The Hall–Kier alpha value is -3.47. The lowest BCUT2D eigenvalue weighted by Crippen LogP contribution is -2.21. The van der Waals surface area contributed by atoms with Gasteiger partial charge in [-0.25, -0.2) is 10.4 Å². The van der Waals surface area contributed by atoms with Crippen molar-refractivity contribution in [1.29, 1.82) is 0 Å². The van der Waals surface area contributed by atoms with E-state index in [-0.39, 0.29) is 12.3 Å². The van der Waals surface area contributed by atoms with E-state index in [1.807, 2.05) is 66.2 Å². The van der Waals surface area contributed by atoms with Gasteiger partial charge in [0.15, 0.2) is 0 Å².